The summed E-state index contributed by atoms with van der Waals surface area (Å²) >= 11 is 0. The Morgan fingerprint density at radius 2 is 0.966 bits per heavy atom. The van der Waals surface area contributed by atoms with E-state index in [0.717, 1.165) is 57.8 Å². The van der Waals surface area contributed by atoms with Crippen molar-refractivity contribution in [3.8, 4) is 0 Å². The summed E-state index contributed by atoms with van der Waals surface area (Å²) in [6.45, 7) is 3.08. The molecule has 6 unspecified atom stereocenters. The van der Waals surface area contributed by atoms with Gasteiger partial charge in [-0.25, -0.2) is 4.57 Å². The number of carbonyl (C=O) groups is 2. The molecule has 1 aliphatic carbocycles. The van der Waals surface area contributed by atoms with Crippen molar-refractivity contribution in [3.63, 3.8) is 0 Å². The molecule has 0 aromatic rings. The number of unbranched alkanes of at least 4 members (excludes halogenated alkanes) is 10. The number of rotatable bonds is 34. The molecule has 1 aliphatic rings. The molecule has 14 heteroatoms. The van der Waals surface area contributed by atoms with Crippen LogP contribution in [0, 0.1) is 0 Å². The van der Waals surface area contributed by atoms with Crippen molar-refractivity contribution in [1.29, 1.82) is 0 Å². The number of phosphoric acid groups is 1. The minimum Gasteiger partial charge on any atom is -0.462 e. The van der Waals surface area contributed by atoms with E-state index in [0.29, 0.717) is 19.3 Å². The Morgan fingerprint density at radius 3 is 1.44 bits per heavy atom. The molecule has 0 aliphatic heterocycles. The summed E-state index contributed by atoms with van der Waals surface area (Å²) in [5.74, 6) is -1.20. The zero-order valence-corrected chi connectivity index (χ0v) is 36.4. The Hall–Kier alpha value is -2.71. The summed E-state index contributed by atoms with van der Waals surface area (Å²) in [6.07, 6.45) is 29.8. The van der Waals surface area contributed by atoms with Crippen LogP contribution >= 0.6 is 7.82 Å². The largest absolute Gasteiger partial charge is 0.472 e. The summed E-state index contributed by atoms with van der Waals surface area (Å²) in [4.78, 5) is 35.5. The quantitative estimate of drug-likeness (QED) is 0.0157. The summed E-state index contributed by atoms with van der Waals surface area (Å²) in [6, 6.07) is 0. The van der Waals surface area contributed by atoms with Crippen molar-refractivity contribution < 1.29 is 63.1 Å². The molecule has 13 nitrogen and oxygen atoms in total. The predicted octanol–water partition coefficient (Wildman–Crippen LogP) is 7.94. The van der Waals surface area contributed by atoms with Gasteiger partial charge in [0.05, 0.1) is 6.61 Å². The zero-order chi connectivity index (χ0) is 43.6. The molecule has 0 amide bonds. The second kappa shape index (κ2) is 34.9. The first-order valence-corrected chi connectivity index (χ1v) is 23.2. The number of phosphoric ester groups is 1. The number of aliphatic hydroxyl groups is 5. The highest BCUT2D eigenvalue weighted by Gasteiger charge is 2.51. The molecule has 0 aromatic heterocycles. The summed E-state index contributed by atoms with van der Waals surface area (Å²) < 4.78 is 33.3. The van der Waals surface area contributed by atoms with Crippen LogP contribution in [0.2, 0.25) is 0 Å². The molecule has 338 valence electrons. The van der Waals surface area contributed by atoms with E-state index in [9.17, 15) is 44.6 Å². The standard InChI is InChI=1S/C45H75O13P/c1-3-5-7-9-11-13-15-16-17-18-19-20-21-22-24-25-27-29-31-33-38(46)55-35-37(57-39(47)34-32-30-28-26-23-14-12-10-8-6-4-2)36-56-59(53,54)58-45-43(51)41(49)40(48)42(50)44(45)52/h5,7,11,13,16-17,19-20,22,24,27,29,37,40-45,48-52H,3-4,6,8-10,12,14-15,18,21,23,25-26,28,30-36H2,1-2H3,(H,53,54)/b7-5-,13-11-,17-16-,20-19-,24-22-,29-27-/t37-,40?,41-,42?,43?,44?,45?/m1/s1. The van der Waals surface area contributed by atoms with E-state index in [4.69, 9.17) is 18.5 Å². The van der Waals surface area contributed by atoms with Gasteiger partial charge in [0.2, 0.25) is 0 Å². The fraction of sp³-hybridized carbons (Fsp3) is 0.689. The fourth-order valence-corrected chi connectivity index (χ4v) is 7.05. The minimum absolute atomic E-state index is 0.0397. The van der Waals surface area contributed by atoms with E-state index in [2.05, 4.69) is 68.5 Å². The van der Waals surface area contributed by atoms with E-state index in [1.54, 1.807) is 0 Å². The molecule has 8 atom stereocenters. The molecule has 1 saturated carbocycles. The second-order valence-electron chi connectivity index (χ2n) is 14.8. The maximum absolute atomic E-state index is 12.8. The van der Waals surface area contributed by atoms with E-state index < -0.39 is 75.7 Å². The maximum Gasteiger partial charge on any atom is 0.472 e. The Labute approximate surface area is 353 Å². The van der Waals surface area contributed by atoms with Gasteiger partial charge < -0.3 is 39.9 Å². The van der Waals surface area contributed by atoms with Gasteiger partial charge in [0.15, 0.2) is 6.10 Å². The van der Waals surface area contributed by atoms with Gasteiger partial charge in [0.1, 0.15) is 43.2 Å². The highest BCUT2D eigenvalue weighted by atomic mass is 31.2. The SMILES string of the molecule is CC/C=C\C/C=C\C/C=C\C/C=C\C/C=C\C/C=C\CCC(=O)OC[C@H](COP(=O)(O)OC1C(O)C(O)C(O)[C@@H](O)C1O)OC(=O)CCCCCCCCCCCCC. The molecule has 0 saturated heterocycles. The number of allylic oxidation sites excluding steroid dienone is 12. The average molecular weight is 855 g/mol. The molecular weight excluding hydrogens is 779 g/mol. The van der Waals surface area contributed by atoms with Gasteiger partial charge in [-0.2, -0.15) is 0 Å². The lowest BCUT2D eigenvalue weighted by atomic mass is 9.85. The predicted molar refractivity (Wildman–Crippen MR) is 230 cm³/mol. The van der Waals surface area contributed by atoms with Crippen LogP contribution in [0.25, 0.3) is 0 Å². The maximum atomic E-state index is 12.8. The van der Waals surface area contributed by atoms with Crippen LogP contribution in [-0.2, 0) is 32.7 Å². The Kier molecular flexibility index (Phi) is 32.2. The lowest BCUT2D eigenvalue weighted by Crippen LogP contribution is -2.64. The molecular formula is C45H75O13P. The molecule has 0 radical (unpaired) electrons. The van der Waals surface area contributed by atoms with E-state index in [1.165, 1.54) is 38.5 Å². The van der Waals surface area contributed by atoms with Gasteiger partial charge in [-0.15, -0.1) is 0 Å². The van der Waals surface area contributed by atoms with Crippen molar-refractivity contribution in [2.75, 3.05) is 13.2 Å². The lowest BCUT2D eigenvalue weighted by Gasteiger charge is -2.41. The monoisotopic (exact) mass is 854 g/mol. The van der Waals surface area contributed by atoms with Gasteiger partial charge in [0, 0.05) is 12.8 Å². The highest BCUT2D eigenvalue weighted by Crippen LogP contribution is 2.47. The summed E-state index contributed by atoms with van der Waals surface area (Å²) in [7, 11) is -5.13. The normalized spacial score (nSPS) is 23.1. The first-order valence-electron chi connectivity index (χ1n) is 21.7. The molecule has 0 bridgehead atoms. The third-order valence-electron chi connectivity index (χ3n) is 9.58. The third-order valence-corrected chi connectivity index (χ3v) is 10.6. The third kappa shape index (κ3) is 27.7. The van der Waals surface area contributed by atoms with E-state index in [1.807, 2.05) is 18.2 Å². The number of esters is 2. The zero-order valence-electron chi connectivity index (χ0n) is 35.5. The van der Waals surface area contributed by atoms with E-state index in [-0.39, 0.29) is 12.8 Å². The van der Waals surface area contributed by atoms with Gasteiger partial charge in [0.25, 0.3) is 0 Å². The van der Waals surface area contributed by atoms with Crippen LogP contribution < -0.4 is 0 Å². The van der Waals surface area contributed by atoms with Crippen LogP contribution in [0.15, 0.2) is 72.9 Å². The number of ether oxygens (including phenoxy) is 2. The van der Waals surface area contributed by atoms with Crippen molar-refractivity contribution in [2.45, 2.75) is 185 Å². The summed E-state index contributed by atoms with van der Waals surface area (Å²) in [5, 5.41) is 50.0. The molecule has 1 fully saturated rings. The Bertz CT molecular complexity index is 1310. The molecule has 6 N–H and O–H groups in total. The summed E-state index contributed by atoms with van der Waals surface area (Å²) in [5.41, 5.74) is 0. The molecule has 0 aromatic carbocycles. The first kappa shape index (κ1) is 54.3. The highest BCUT2D eigenvalue weighted by molar-refractivity contribution is 7.47. The fourth-order valence-electron chi connectivity index (χ4n) is 6.08. The van der Waals surface area contributed by atoms with Crippen LogP contribution in [-0.4, -0.2) is 98.3 Å². The molecule has 1 rings (SSSR count). The van der Waals surface area contributed by atoms with Crippen molar-refractivity contribution in [3.05, 3.63) is 72.9 Å². The lowest BCUT2D eigenvalue weighted by molar-refractivity contribution is -0.220. The van der Waals surface area contributed by atoms with Crippen molar-refractivity contribution >= 4 is 19.8 Å². The van der Waals surface area contributed by atoms with Gasteiger partial charge in [-0.05, 0) is 51.4 Å². The van der Waals surface area contributed by atoms with Crippen LogP contribution in [0.5, 0.6) is 0 Å². The second-order valence-corrected chi connectivity index (χ2v) is 16.2. The molecule has 0 heterocycles. The van der Waals surface area contributed by atoms with Gasteiger partial charge in [-0.3, -0.25) is 18.6 Å². The average Bonchev–Trinajstić information content (AvgIpc) is 3.21. The smallest absolute Gasteiger partial charge is 0.462 e. The van der Waals surface area contributed by atoms with E-state index >= 15 is 0 Å². The number of hydrogen-bond acceptors (Lipinski definition) is 12. The van der Waals surface area contributed by atoms with Gasteiger partial charge in [-0.1, -0.05) is 151 Å². The topological polar surface area (TPSA) is 210 Å². The van der Waals surface area contributed by atoms with Crippen LogP contribution in [0.1, 0.15) is 142 Å². The van der Waals surface area contributed by atoms with Crippen LogP contribution in [0.4, 0.5) is 0 Å². The molecule has 0 spiro atoms. The number of aliphatic hydroxyl groups excluding tert-OH is 5. The van der Waals surface area contributed by atoms with Crippen molar-refractivity contribution in [1.82, 2.24) is 0 Å². The minimum atomic E-state index is -5.13. The Morgan fingerprint density at radius 1 is 0.542 bits per heavy atom. The van der Waals surface area contributed by atoms with Crippen LogP contribution in [0.3, 0.4) is 0 Å². The number of hydrogen-bond donors (Lipinski definition) is 6. The first-order chi connectivity index (χ1) is 28.4. The molecule has 59 heavy (non-hydrogen) atoms. The van der Waals surface area contributed by atoms with Gasteiger partial charge >= 0.3 is 19.8 Å². The Balaban J connectivity index is 2.53. The van der Waals surface area contributed by atoms with Crippen molar-refractivity contribution in [2.24, 2.45) is 0 Å². The number of carbonyl (C=O) groups excluding carboxylic acids is 2.